The van der Waals surface area contributed by atoms with Crippen LogP contribution in [0.3, 0.4) is 0 Å². The quantitative estimate of drug-likeness (QED) is 0.922. The summed E-state index contributed by atoms with van der Waals surface area (Å²) in [4.78, 5) is 12.7. The lowest BCUT2D eigenvalue weighted by Gasteiger charge is -2.03. The molecular formula is C12H9BrFNOS. The van der Waals surface area contributed by atoms with E-state index in [1.807, 2.05) is 12.1 Å². The van der Waals surface area contributed by atoms with E-state index in [9.17, 15) is 9.18 Å². The van der Waals surface area contributed by atoms with E-state index in [4.69, 9.17) is 0 Å². The van der Waals surface area contributed by atoms with Gasteiger partial charge in [-0.05, 0) is 46.3 Å². The van der Waals surface area contributed by atoms with E-state index < -0.39 is 5.82 Å². The Morgan fingerprint density at radius 2 is 2.18 bits per heavy atom. The SMILES string of the molecule is O=C(NCc1ccc(Br)s1)c1cccc(F)c1. The first kappa shape index (κ1) is 12.3. The number of amides is 1. The molecule has 0 spiro atoms. The molecule has 2 rings (SSSR count). The molecule has 2 aromatic rings. The zero-order valence-corrected chi connectivity index (χ0v) is 11.1. The lowest BCUT2D eigenvalue weighted by molar-refractivity contribution is 0.0951. The monoisotopic (exact) mass is 313 g/mol. The van der Waals surface area contributed by atoms with Crippen LogP contribution in [0.15, 0.2) is 40.2 Å². The fourth-order valence-electron chi connectivity index (χ4n) is 1.35. The summed E-state index contributed by atoms with van der Waals surface area (Å²) in [6.45, 7) is 0.450. The van der Waals surface area contributed by atoms with Crippen LogP contribution in [-0.4, -0.2) is 5.91 Å². The fraction of sp³-hybridized carbons (Fsp3) is 0.0833. The Bertz CT molecular complexity index is 541. The first-order chi connectivity index (χ1) is 8.15. The van der Waals surface area contributed by atoms with Gasteiger partial charge in [-0.3, -0.25) is 4.79 Å². The number of rotatable bonds is 3. The number of thiophene rings is 1. The molecule has 0 aliphatic carbocycles. The van der Waals surface area contributed by atoms with E-state index in [0.29, 0.717) is 12.1 Å². The summed E-state index contributed by atoms with van der Waals surface area (Å²) in [5.41, 5.74) is 0.334. The van der Waals surface area contributed by atoms with Crippen LogP contribution in [0.25, 0.3) is 0 Å². The minimum Gasteiger partial charge on any atom is -0.347 e. The van der Waals surface area contributed by atoms with Crippen LogP contribution in [0.4, 0.5) is 4.39 Å². The second-order valence-corrected chi connectivity index (χ2v) is 5.95. The van der Waals surface area contributed by atoms with Crippen LogP contribution in [0.5, 0.6) is 0 Å². The molecular weight excluding hydrogens is 305 g/mol. The molecule has 17 heavy (non-hydrogen) atoms. The van der Waals surface area contributed by atoms with Crippen LogP contribution >= 0.6 is 27.3 Å². The van der Waals surface area contributed by atoms with Gasteiger partial charge in [0.1, 0.15) is 5.82 Å². The molecule has 0 atom stereocenters. The van der Waals surface area contributed by atoms with Crippen molar-refractivity contribution >= 4 is 33.2 Å². The molecule has 0 bridgehead atoms. The van der Waals surface area contributed by atoms with Gasteiger partial charge in [0, 0.05) is 10.4 Å². The topological polar surface area (TPSA) is 29.1 Å². The Balaban J connectivity index is 1.98. The molecule has 1 aromatic heterocycles. The highest BCUT2D eigenvalue weighted by atomic mass is 79.9. The Hall–Kier alpha value is -1.20. The maximum atomic E-state index is 12.9. The molecule has 1 N–H and O–H groups in total. The maximum Gasteiger partial charge on any atom is 0.251 e. The predicted molar refractivity (Wildman–Crippen MR) is 69.6 cm³/mol. The predicted octanol–water partition coefficient (Wildman–Crippen LogP) is 3.58. The van der Waals surface area contributed by atoms with Crippen molar-refractivity contribution in [3.63, 3.8) is 0 Å². The second kappa shape index (κ2) is 5.42. The summed E-state index contributed by atoms with van der Waals surface area (Å²) < 4.78 is 13.9. The van der Waals surface area contributed by atoms with Crippen molar-refractivity contribution in [3.8, 4) is 0 Å². The number of hydrogen-bond donors (Lipinski definition) is 1. The van der Waals surface area contributed by atoms with Crippen molar-refractivity contribution in [2.75, 3.05) is 0 Å². The lowest BCUT2D eigenvalue weighted by Crippen LogP contribution is -2.22. The third-order valence-electron chi connectivity index (χ3n) is 2.14. The van der Waals surface area contributed by atoms with Gasteiger partial charge in [0.05, 0.1) is 10.3 Å². The van der Waals surface area contributed by atoms with Gasteiger partial charge in [0.2, 0.25) is 0 Å². The molecule has 5 heteroatoms. The van der Waals surface area contributed by atoms with Gasteiger partial charge < -0.3 is 5.32 Å². The average Bonchev–Trinajstić information content (AvgIpc) is 2.72. The van der Waals surface area contributed by atoms with Gasteiger partial charge in [-0.15, -0.1) is 11.3 Å². The van der Waals surface area contributed by atoms with Crippen molar-refractivity contribution in [1.29, 1.82) is 0 Å². The Morgan fingerprint density at radius 3 is 2.82 bits per heavy atom. The Morgan fingerprint density at radius 1 is 1.35 bits per heavy atom. The van der Waals surface area contributed by atoms with E-state index in [1.54, 1.807) is 17.4 Å². The number of nitrogens with one attached hydrogen (secondary N) is 1. The summed E-state index contributed by atoms with van der Waals surface area (Å²) in [7, 11) is 0. The van der Waals surface area contributed by atoms with E-state index >= 15 is 0 Å². The molecule has 1 heterocycles. The Kier molecular flexibility index (Phi) is 3.91. The zero-order valence-electron chi connectivity index (χ0n) is 8.74. The molecule has 0 unspecified atom stereocenters. The number of carbonyl (C=O) groups excluding carboxylic acids is 1. The smallest absolute Gasteiger partial charge is 0.251 e. The normalized spacial score (nSPS) is 10.2. The summed E-state index contributed by atoms with van der Waals surface area (Å²) in [6, 6.07) is 9.50. The standard InChI is InChI=1S/C12H9BrFNOS/c13-11-5-4-10(17-11)7-15-12(16)8-2-1-3-9(14)6-8/h1-6H,7H2,(H,15,16). The third kappa shape index (κ3) is 3.38. The van der Waals surface area contributed by atoms with Crippen molar-refractivity contribution < 1.29 is 9.18 Å². The minimum atomic E-state index is -0.406. The molecule has 0 saturated carbocycles. The Labute approximate surface area is 111 Å². The first-order valence-corrected chi connectivity index (χ1v) is 6.54. The summed E-state index contributed by atoms with van der Waals surface area (Å²) in [6.07, 6.45) is 0. The average molecular weight is 314 g/mol. The molecule has 0 saturated heterocycles. The number of benzene rings is 1. The number of hydrogen-bond acceptors (Lipinski definition) is 2. The van der Waals surface area contributed by atoms with Crippen molar-refractivity contribution in [1.82, 2.24) is 5.32 Å². The summed E-state index contributed by atoms with van der Waals surface area (Å²) >= 11 is 4.91. The highest BCUT2D eigenvalue weighted by Crippen LogP contribution is 2.21. The highest BCUT2D eigenvalue weighted by molar-refractivity contribution is 9.11. The first-order valence-electron chi connectivity index (χ1n) is 4.93. The highest BCUT2D eigenvalue weighted by Gasteiger charge is 2.06. The third-order valence-corrected chi connectivity index (χ3v) is 3.76. The number of carbonyl (C=O) groups is 1. The number of halogens is 2. The molecule has 0 aliphatic heterocycles. The van der Waals surface area contributed by atoms with Gasteiger partial charge in [-0.1, -0.05) is 6.07 Å². The maximum absolute atomic E-state index is 12.9. The second-order valence-electron chi connectivity index (χ2n) is 3.40. The van der Waals surface area contributed by atoms with Crippen LogP contribution in [0.2, 0.25) is 0 Å². The molecule has 0 aliphatic rings. The van der Waals surface area contributed by atoms with Crippen LogP contribution in [0, 0.1) is 5.82 Å². The van der Waals surface area contributed by atoms with E-state index in [0.717, 1.165) is 8.66 Å². The molecule has 2 nitrogen and oxygen atoms in total. The fourth-order valence-corrected chi connectivity index (χ4v) is 2.77. The van der Waals surface area contributed by atoms with Crippen molar-refractivity contribution in [2.24, 2.45) is 0 Å². The van der Waals surface area contributed by atoms with Gasteiger partial charge in [0.25, 0.3) is 5.91 Å². The van der Waals surface area contributed by atoms with E-state index in [-0.39, 0.29) is 5.91 Å². The minimum absolute atomic E-state index is 0.269. The summed E-state index contributed by atoms with van der Waals surface area (Å²) in [5, 5.41) is 2.74. The molecule has 88 valence electrons. The molecule has 1 aromatic carbocycles. The van der Waals surface area contributed by atoms with Crippen LogP contribution in [-0.2, 0) is 6.54 Å². The van der Waals surface area contributed by atoms with Crippen molar-refractivity contribution in [3.05, 3.63) is 56.4 Å². The van der Waals surface area contributed by atoms with Gasteiger partial charge >= 0.3 is 0 Å². The summed E-state index contributed by atoms with van der Waals surface area (Å²) in [5.74, 6) is -0.675. The van der Waals surface area contributed by atoms with E-state index in [2.05, 4.69) is 21.2 Å². The van der Waals surface area contributed by atoms with Crippen LogP contribution < -0.4 is 5.32 Å². The van der Waals surface area contributed by atoms with Gasteiger partial charge in [0.15, 0.2) is 0 Å². The van der Waals surface area contributed by atoms with Gasteiger partial charge in [-0.25, -0.2) is 4.39 Å². The van der Waals surface area contributed by atoms with Gasteiger partial charge in [-0.2, -0.15) is 0 Å². The largest absolute Gasteiger partial charge is 0.347 e. The lowest BCUT2D eigenvalue weighted by atomic mass is 10.2. The van der Waals surface area contributed by atoms with Crippen LogP contribution in [0.1, 0.15) is 15.2 Å². The molecule has 0 radical (unpaired) electrons. The molecule has 0 fully saturated rings. The zero-order chi connectivity index (χ0) is 12.3. The van der Waals surface area contributed by atoms with Crippen molar-refractivity contribution in [2.45, 2.75) is 6.54 Å². The van der Waals surface area contributed by atoms with E-state index in [1.165, 1.54) is 18.2 Å². The molecule has 1 amide bonds.